The van der Waals surface area contributed by atoms with Crippen LogP contribution in [0, 0.1) is 0 Å². The van der Waals surface area contributed by atoms with Crippen LogP contribution in [-0.4, -0.2) is 11.1 Å². The third-order valence-corrected chi connectivity index (χ3v) is 4.28. The third-order valence-electron chi connectivity index (χ3n) is 1.98. The maximum atomic E-state index is 10.8. The van der Waals surface area contributed by atoms with Crippen LogP contribution in [0.2, 0.25) is 5.02 Å². The first-order valence-electron chi connectivity index (χ1n) is 4.36. The lowest BCUT2D eigenvalue weighted by molar-refractivity contribution is 0.0702. The predicted molar refractivity (Wildman–Crippen MR) is 69.4 cm³/mol. The summed E-state index contributed by atoms with van der Waals surface area (Å²) in [6, 6.07) is 8.93. The first-order valence-corrected chi connectivity index (χ1v) is 6.35. The average Bonchev–Trinajstić information content (AvgIpc) is 2.60. The Morgan fingerprint density at radius 1 is 1.38 bits per heavy atom. The molecule has 82 valence electrons. The minimum Gasteiger partial charge on any atom is -0.477 e. The number of aromatic carboxylic acids is 1. The smallest absolute Gasteiger partial charge is 0.345 e. The van der Waals surface area contributed by atoms with Crippen molar-refractivity contribution >= 4 is 44.8 Å². The highest BCUT2D eigenvalue weighted by Gasteiger charge is 2.13. The fourth-order valence-electron chi connectivity index (χ4n) is 1.30. The van der Waals surface area contributed by atoms with Crippen molar-refractivity contribution < 1.29 is 9.90 Å². The van der Waals surface area contributed by atoms with Crippen LogP contribution in [-0.2, 0) is 0 Å². The summed E-state index contributed by atoms with van der Waals surface area (Å²) in [5.41, 5.74) is 0.914. The topological polar surface area (TPSA) is 37.3 Å². The van der Waals surface area contributed by atoms with Crippen molar-refractivity contribution in [3.63, 3.8) is 0 Å². The van der Waals surface area contributed by atoms with Gasteiger partial charge in [0.15, 0.2) is 0 Å². The van der Waals surface area contributed by atoms with Gasteiger partial charge in [-0.1, -0.05) is 23.7 Å². The van der Waals surface area contributed by atoms with Crippen LogP contribution in [0.1, 0.15) is 9.67 Å². The second-order valence-electron chi connectivity index (χ2n) is 3.10. The summed E-state index contributed by atoms with van der Waals surface area (Å²) in [5.74, 6) is -0.918. The Morgan fingerprint density at radius 3 is 2.69 bits per heavy atom. The third kappa shape index (κ3) is 2.29. The van der Waals surface area contributed by atoms with E-state index < -0.39 is 5.97 Å². The van der Waals surface area contributed by atoms with Gasteiger partial charge in [0.25, 0.3) is 0 Å². The van der Waals surface area contributed by atoms with Gasteiger partial charge >= 0.3 is 5.97 Å². The van der Waals surface area contributed by atoms with E-state index in [1.165, 1.54) is 11.3 Å². The van der Waals surface area contributed by atoms with Gasteiger partial charge in [-0.2, -0.15) is 0 Å². The zero-order valence-electron chi connectivity index (χ0n) is 7.91. The molecule has 1 N–H and O–H groups in total. The molecular formula is C11H6BrClO2S. The second-order valence-corrected chi connectivity index (χ2v) is 5.45. The first-order chi connectivity index (χ1) is 7.58. The fraction of sp³-hybridized carbons (Fsp3) is 0. The van der Waals surface area contributed by atoms with Crippen LogP contribution < -0.4 is 0 Å². The van der Waals surface area contributed by atoms with Gasteiger partial charge in [0, 0.05) is 14.4 Å². The highest BCUT2D eigenvalue weighted by molar-refractivity contribution is 9.10. The summed E-state index contributed by atoms with van der Waals surface area (Å²) in [5, 5.41) is 9.52. The molecule has 0 aliphatic rings. The van der Waals surface area contributed by atoms with Crippen molar-refractivity contribution in [1.29, 1.82) is 0 Å². The van der Waals surface area contributed by atoms with Gasteiger partial charge < -0.3 is 5.11 Å². The molecule has 0 unspecified atom stereocenters. The van der Waals surface area contributed by atoms with Gasteiger partial charge in [0.2, 0.25) is 0 Å². The van der Waals surface area contributed by atoms with Crippen LogP contribution in [0.4, 0.5) is 0 Å². The Labute approximate surface area is 110 Å². The number of hydrogen-bond donors (Lipinski definition) is 1. The lowest BCUT2D eigenvalue weighted by Crippen LogP contribution is -1.89. The van der Waals surface area contributed by atoms with Crippen LogP contribution in [0.25, 0.3) is 10.4 Å². The average molecular weight is 318 g/mol. The zero-order chi connectivity index (χ0) is 11.7. The van der Waals surface area contributed by atoms with Crippen molar-refractivity contribution in [1.82, 2.24) is 0 Å². The SMILES string of the molecule is O=C(O)c1cc(Br)c(-c2cccc(Cl)c2)s1. The van der Waals surface area contributed by atoms with E-state index >= 15 is 0 Å². The quantitative estimate of drug-likeness (QED) is 0.883. The van der Waals surface area contributed by atoms with E-state index in [0.29, 0.717) is 9.90 Å². The fourth-order valence-corrected chi connectivity index (χ4v) is 3.23. The lowest BCUT2D eigenvalue weighted by Gasteiger charge is -1.98. The molecule has 0 amide bonds. The van der Waals surface area contributed by atoms with Gasteiger partial charge in [-0.25, -0.2) is 4.79 Å². The van der Waals surface area contributed by atoms with E-state index in [-0.39, 0.29) is 0 Å². The van der Waals surface area contributed by atoms with Gasteiger partial charge in [-0.05, 0) is 39.7 Å². The first kappa shape index (κ1) is 11.6. The number of carbonyl (C=O) groups is 1. The lowest BCUT2D eigenvalue weighted by atomic mass is 10.2. The number of thiophene rings is 1. The van der Waals surface area contributed by atoms with E-state index in [4.69, 9.17) is 16.7 Å². The molecule has 0 atom stereocenters. The summed E-state index contributed by atoms with van der Waals surface area (Å²) in [4.78, 5) is 12.0. The Hall–Kier alpha value is -0.840. The minimum absolute atomic E-state index is 0.307. The molecule has 0 fully saturated rings. The molecule has 0 spiro atoms. The normalized spacial score (nSPS) is 10.4. The molecule has 0 radical (unpaired) electrons. The molecule has 0 saturated carbocycles. The maximum Gasteiger partial charge on any atom is 0.345 e. The van der Waals surface area contributed by atoms with Crippen molar-refractivity contribution in [2.45, 2.75) is 0 Å². The van der Waals surface area contributed by atoms with Crippen LogP contribution in [0.3, 0.4) is 0 Å². The number of benzene rings is 1. The van der Waals surface area contributed by atoms with Crippen molar-refractivity contribution in [2.75, 3.05) is 0 Å². The molecule has 16 heavy (non-hydrogen) atoms. The van der Waals surface area contributed by atoms with Gasteiger partial charge in [-0.3, -0.25) is 0 Å². The summed E-state index contributed by atoms with van der Waals surface area (Å²) in [7, 11) is 0. The molecule has 0 aliphatic carbocycles. The van der Waals surface area contributed by atoms with Gasteiger partial charge in [0.05, 0.1) is 0 Å². The van der Waals surface area contributed by atoms with E-state index in [1.807, 2.05) is 18.2 Å². The minimum atomic E-state index is -0.918. The molecule has 1 heterocycles. The Morgan fingerprint density at radius 2 is 2.12 bits per heavy atom. The molecule has 1 aromatic heterocycles. The molecule has 2 nitrogen and oxygen atoms in total. The highest BCUT2D eigenvalue weighted by atomic mass is 79.9. The van der Waals surface area contributed by atoms with Gasteiger partial charge in [0.1, 0.15) is 4.88 Å². The predicted octanol–water partition coefficient (Wildman–Crippen LogP) is 4.53. The van der Waals surface area contributed by atoms with Crippen molar-refractivity contribution in [3.8, 4) is 10.4 Å². The molecule has 0 bridgehead atoms. The standard InChI is InChI=1S/C11H6BrClO2S/c12-8-5-9(11(14)15)16-10(8)6-2-1-3-7(13)4-6/h1-5H,(H,14,15). The van der Waals surface area contributed by atoms with Crippen LogP contribution in [0.5, 0.6) is 0 Å². The zero-order valence-corrected chi connectivity index (χ0v) is 11.1. The van der Waals surface area contributed by atoms with E-state index in [0.717, 1.165) is 14.9 Å². The summed E-state index contributed by atoms with van der Waals surface area (Å²) < 4.78 is 0.775. The van der Waals surface area contributed by atoms with Crippen molar-refractivity contribution in [2.24, 2.45) is 0 Å². The Kier molecular flexibility index (Phi) is 3.33. The second kappa shape index (κ2) is 4.57. The van der Waals surface area contributed by atoms with E-state index in [9.17, 15) is 4.79 Å². The molecule has 1 aromatic carbocycles. The molecule has 2 aromatic rings. The summed E-state index contributed by atoms with van der Waals surface area (Å²) >= 11 is 10.5. The van der Waals surface area contributed by atoms with Crippen LogP contribution >= 0.6 is 38.9 Å². The highest BCUT2D eigenvalue weighted by Crippen LogP contribution is 2.37. The largest absolute Gasteiger partial charge is 0.477 e. The Bertz CT molecular complexity index is 551. The molecule has 5 heteroatoms. The Balaban J connectivity index is 2.52. The number of hydrogen-bond acceptors (Lipinski definition) is 2. The van der Waals surface area contributed by atoms with Crippen molar-refractivity contribution in [3.05, 3.63) is 44.7 Å². The van der Waals surface area contributed by atoms with Crippen LogP contribution in [0.15, 0.2) is 34.8 Å². The van der Waals surface area contributed by atoms with Gasteiger partial charge in [-0.15, -0.1) is 11.3 Å². The number of rotatable bonds is 2. The molecule has 2 rings (SSSR count). The maximum absolute atomic E-state index is 10.8. The number of carboxylic acid groups (broad SMARTS) is 1. The molecule has 0 aliphatic heterocycles. The molecule has 0 saturated heterocycles. The summed E-state index contributed by atoms with van der Waals surface area (Å²) in [6.07, 6.45) is 0. The molecular weight excluding hydrogens is 312 g/mol. The number of halogens is 2. The van der Waals surface area contributed by atoms with E-state index in [2.05, 4.69) is 15.9 Å². The number of carboxylic acids is 1. The van der Waals surface area contributed by atoms with E-state index in [1.54, 1.807) is 12.1 Å². The summed E-state index contributed by atoms with van der Waals surface area (Å²) in [6.45, 7) is 0. The monoisotopic (exact) mass is 316 g/mol.